The number of nitrogens with two attached hydrogens (primary N) is 1. The van der Waals surface area contributed by atoms with E-state index >= 15 is 0 Å². The van der Waals surface area contributed by atoms with E-state index in [1.807, 2.05) is 13.2 Å². The molecule has 3 N–H and O–H groups in total. The summed E-state index contributed by atoms with van der Waals surface area (Å²) in [4.78, 5) is 6.94. The highest BCUT2D eigenvalue weighted by molar-refractivity contribution is 6.00. The summed E-state index contributed by atoms with van der Waals surface area (Å²) in [6.07, 6.45) is 3.99. The van der Waals surface area contributed by atoms with E-state index in [0.717, 1.165) is 37.4 Å². The maximum Gasteiger partial charge on any atom is 0.136 e. The molecule has 1 fully saturated rings. The van der Waals surface area contributed by atoms with Crippen LogP contribution in [0.1, 0.15) is 12.8 Å². The first-order valence-electron chi connectivity index (χ1n) is 6.85. The van der Waals surface area contributed by atoms with Crippen LogP contribution in [-0.2, 0) is 0 Å². The number of anilines is 2. The predicted octanol–water partition coefficient (Wildman–Crippen LogP) is 2.20. The van der Waals surface area contributed by atoms with Gasteiger partial charge in [-0.3, -0.25) is 0 Å². The molecule has 0 atom stereocenters. The Balaban J connectivity index is 2.04. The lowest BCUT2D eigenvalue weighted by Gasteiger charge is -2.31. The number of benzene rings is 1. The highest BCUT2D eigenvalue weighted by Crippen LogP contribution is 2.30. The lowest BCUT2D eigenvalue weighted by Crippen LogP contribution is -2.40. The largest absolute Gasteiger partial charge is 0.388 e. The Kier molecular flexibility index (Phi) is 3.25. The molecule has 2 aromatic rings. The molecule has 1 aliphatic rings. The van der Waals surface area contributed by atoms with Gasteiger partial charge in [0.25, 0.3) is 0 Å². The van der Waals surface area contributed by atoms with Gasteiger partial charge < -0.3 is 16.0 Å². The number of nitrogens with one attached hydrogen (secondary N) is 1. The zero-order valence-corrected chi connectivity index (χ0v) is 11.3. The number of piperidine rings is 1. The molecule has 0 bridgehead atoms. The van der Waals surface area contributed by atoms with Gasteiger partial charge in [-0.2, -0.15) is 0 Å². The van der Waals surface area contributed by atoms with E-state index in [1.165, 1.54) is 10.8 Å². The second-order valence-corrected chi connectivity index (χ2v) is 5.11. The third-order valence-corrected chi connectivity index (χ3v) is 3.89. The molecule has 4 heteroatoms. The summed E-state index contributed by atoms with van der Waals surface area (Å²) in [6, 6.07) is 8.74. The van der Waals surface area contributed by atoms with Crippen LogP contribution in [0.2, 0.25) is 0 Å². The van der Waals surface area contributed by atoms with E-state index in [4.69, 9.17) is 5.73 Å². The van der Waals surface area contributed by atoms with Crippen molar-refractivity contribution in [3.8, 4) is 0 Å². The number of hydrogen-bond acceptors (Lipinski definition) is 4. The second kappa shape index (κ2) is 5.05. The first-order chi connectivity index (χ1) is 9.29. The molecule has 0 radical (unpaired) electrons. The van der Waals surface area contributed by atoms with Crippen LogP contribution in [0.25, 0.3) is 10.8 Å². The molecular formula is C15H20N4. The van der Waals surface area contributed by atoms with Crippen LogP contribution in [0.5, 0.6) is 0 Å². The Bertz CT molecular complexity index is 573. The number of fused-ring (bicyclic) bond motifs is 1. The van der Waals surface area contributed by atoms with Gasteiger partial charge in [-0.25, -0.2) is 4.98 Å². The van der Waals surface area contributed by atoms with Crippen LogP contribution in [0.15, 0.2) is 30.5 Å². The van der Waals surface area contributed by atoms with E-state index in [0.29, 0.717) is 6.04 Å². The van der Waals surface area contributed by atoms with Crippen molar-refractivity contribution >= 4 is 22.3 Å². The van der Waals surface area contributed by atoms with Gasteiger partial charge >= 0.3 is 0 Å². The first-order valence-corrected chi connectivity index (χ1v) is 6.85. The first kappa shape index (κ1) is 12.2. The van der Waals surface area contributed by atoms with E-state index in [1.54, 1.807) is 0 Å². The topological polar surface area (TPSA) is 54.2 Å². The number of rotatable bonds is 2. The van der Waals surface area contributed by atoms with Crippen LogP contribution in [0, 0.1) is 0 Å². The highest BCUT2D eigenvalue weighted by Gasteiger charge is 2.19. The monoisotopic (exact) mass is 256 g/mol. The Morgan fingerprint density at radius 3 is 2.74 bits per heavy atom. The Morgan fingerprint density at radius 1 is 1.21 bits per heavy atom. The third kappa shape index (κ3) is 2.24. The molecule has 0 saturated carbocycles. The molecule has 0 aliphatic carbocycles. The normalized spacial score (nSPS) is 16.8. The zero-order chi connectivity index (χ0) is 13.2. The van der Waals surface area contributed by atoms with Crippen molar-refractivity contribution in [1.82, 2.24) is 4.98 Å². The molecule has 0 spiro atoms. The molecule has 2 heterocycles. The summed E-state index contributed by atoms with van der Waals surface area (Å²) >= 11 is 0. The summed E-state index contributed by atoms with van der Waals surface area (Å²) < 4.78 is 0. The number of pyridine rings is 1. The Morgan fingerprint density at radius 2 is 2.00 bits per heavy atom. The molecule has 0 amide bonds. The molecule has 100 valence electrons. The third-order valence-electron chi connectivity index (χ3n) is 3.89. The SMILES string of the molecule is CNc1cccc2c(N3CCC(N)CC3)nccc12. The quantitative estimate of drug-likeness (QED) is 0.865. The van der Waals surface area contributed by atoms with Crippen molar-refractivity contribution in [3.63, 3.8) is 0 Å². The van der Waals surface area contributed by atoms with Crippen molar-refractivity contribution in [3.05, 3.63) is 30.5 Å². The highest BCUT2D eigenvalue weighted by atomic mass is 15.2. The maximum atomic E-state index is 5.98. The molecule has 4 nitrogen and oxygen atoms in total. The van der Waals surface area contributed by atoms with Crippen molar-refractivity contribution in [1.29, 1.82) is 0 Å². The van der Waals surface area contributed by atoms with Crippen LogP contribution in [-0.4, -0.2) is 31.2 Å². The average molecular weight is 256 g/mol. The van der Waals surface area contributed by atoms with Gasteiger partial charge in [-0.15, -0.1) is 0 Å². The Labute approximate surface area is 113 Å². The summed E-state index contributed by atoms with van der Waals surface area (Å²) in [7, 11) is 1.95. The lowest BCUT2D eigenvalue weighted by atomic mass is 10.0. The molecule has 0 unspecified atom stereocenters. The van der Waals surface area contributed by atoms with Crippen LogP contribution in [0.4, 0.5) is 11.5 Å². The average Bonchev–Trinajstić information content (AvgIpc) is 2.47. The van der Waals surface area contributed by atoms with E-state index in [-0.39, 0.29) is 0 Å². The molecule has 1 aromatic carbocycles. The van der Waals surface area contributed by atoms with Crippen LogP contribution >= 0.6 is 0 Å². The summed E-state index contributed by atoms with van der Waals surface area (Å²) in [6.45, 7) is 1.99. The van der Waals surface area contributed by atoms with Gasteiger partial charge in [0.1, 0.15) is 5.82 Å². The fraction of sp³-hybridized carbons (Fsp3) is 0.400. The number of nitrogens with zero attached hydrogens (tertiary/aromatic N) is 2. The minimum Gasteiger partial charge on any atom is -0.388 e. The molecular weight excluding hydrogens is 236 g/mol. The summed E-state index contributed by atoms with van der Waals surface area (Å²) in [5.74, 6) is 1.08. The lowest BCUT2D eigenvalue weighted by molar-refractivity contribution is 0.499. The Hall–Kier alpha value is -1.81. The van der Waals surface area contributed by atoms with E-state index in [9.17, 15) is 0 Å². The van der Waals surface area contributed by atoms with Gasteiger partial charge in [0, 0.05) is 48.8 Å². The molecule has 19 heavy (non-hydrogen) atoms. The minimum atomic E-state index is 0.346. The van der Waals surface area contributed by atoms with Crippen LogP contribution in [0.3, 0.4) is 0 Å². The molecule has 3 rings (SSSR count). The standard InChI is InChI=1S/C15H20N4/c1-17-14-4-2-3-13-12(14)5-8-18-15(13)19-9-6-11(16)7-10-19/h2-5,8,11,17H,6-7,9-10,16H2,1H3. The molecule has 1 saturated heterocycles. The predicted molar refractivity (Wildman–Crippen MR) is 80.7 cm³/mol. The fourth-order valence-corrected chi connectivity index (χ4v) is 2.77. The van der Waals surface area contributed by atoms with Crippen molar-refractivity contribution in [2.24, 2.45) is 5.73 Å². The van der Waals surface area contributed by atoms with Gasteiger partial charge in [0.05, 0.1) is 0 Å². The fourth-order valence-electron chi connectivity index (χ4n) is 2.77. The number of hydrogen-bond donors (Lipinski definition) is 2. The van der Waals surface area contributed by atoms with E-state index in [2.05, 4.69) is 39.5 Å². The van der Waals surface area contributed by atoms with Gasteiger partial charge in [0.15, 0.2) is 0 Å². The summed E-state index contributed by atoms with van der Waals surface area (Å²) in [5, 5.41) is 5.68. The van der Waals surface area contributed by atoms with Crippen molar-refractivity contribution in [2.75, 3.05) is 30.4 Å². The van der Waals surface area contributed by atoms with E-state index < -0.39 is 0 Å². The smallest absolute Gasteiger partial charge is 0.136 e. The van der Waals surface area contributed by atoms with Crippen LogP contribution < -0.4 is 16.0 Å². The zero-order valence-electron chi connectivity index (χ0n) is 11.3. The number of aromatic nitrogens is 1. The van der Waals surface area contributed by atoms with Crippen molar-refractivity contribution < 1.29 is 0 Å². The van der Waals surface area contributed by atoms with Gasteiger partial charge in [-0.05, 0) is 25.0 Å². The van der Waals surface area contributed by atoms with Gasteiger partial charge in [0.2, 0.25) is 0 Å². The summed E-state index contributed by atoms with van der Waals surface area (Å²) in [5.41, 5.74) is 7.12. The second-order valence-electron chi connectivity index (χ2n) is 5.11. The minimum absolute atomic E-state index is 0.346. The maximum absolute atomic E-state index is 5.98. The van der Waals surface area contributed by atoms with Crippen molar-refractivity contribution in [2.45, 2.75) is 18.9 Å². The van der Waals surface area contributed by atoms with Gasteiger partial charge in [-0.1, -0.05) is 12.1 Å². The molecule has 1 aromatic heterocycles. The molecule has 1 aliphatic heterocycles.